The first-order valence-electron chi connectivity index (χ1n) is 10.0. The van der Waals surface area contributed by atoms with E-state index < -0.39 is 10.0 Å². The molecule has 9 heteroatoms. The lowest BCUT2D eigenvalue weighted by atomic mass is 9.95. The third-order valence-corrected chi connectivity index (χ3v) is 8.29. The normalized spacial score (nSPS) is 16.1. The molecule has 1 amide bonds. The number of nitrogens with zero attached hydrogens (tertiary/aromatic N) is 3. The molecule has 0 saturated carbocycles. The van der Waals surface area contributed by atoms with Gasteiger partial charge in [0.05, 0.1) is 17.1 Å². The summed E-state index contributed by atoms with van der Waals surface area (Å²) in [6, 6.07) is 1.65. The van der Waals surface area contributed by atoms with E-state index in [1.165, 1.54) is 4.31 Å². The molecule has 0 unspecified atom stereocenters. The minimum atomic E-state index is -3.60. The minimum Gasteiger partial charge on any atom is -0.338 e. The Morgan fingerprint density at radius 3 is 2.00 bits per heavy atom. The molecule has 8 nitrogen and oxygen atoms in total. The van der Waals surface area contributed by atoms with Crippen LogP contribution >= 0.6 is 0 Å². The van der Waals surface area contributed by atoms with E-state index in [1.54, 1.807) is 13.0 Å². The Morgan fingerprint density at radius 2 is 1.50 bits per heavy atom. The quantitative estimate of drug-likeness (QED) is 0.777. The zero-order valence-electron chi connectivity index (χ0n) is 18.5. The van der Waals surface area contributed by atoms with Crippen LogP contribution in [0.25, 0.3) is 0 Å². The molecular weight excluding hydrogens is 404 g/mol. The van der Waals surface area contributed by atoms with Crippen molar-refractivity contribution in [2.75, 3.05) is 38.0 Å². The minimum absolute atomic E-state index is 0.175. The summed E-state index contributed by atoms with van der Waals surface area (Å²) in [5.41, 5.74) is 5.52. The largest absolute Gasteiger partial charge is 0.338 e. The highest BCUT2D eigenvalue weighted by Crippen LogP contribution is 2.31. The van der Waals surface area contributed by atoms with Gasteiger partial charge in [-0.2, -0.15) is 4.31 Å². The number of carbonyl (C=O) groups excluding carboxylic acids is 1. The molecule has 30 heavy (non-hydrogen) atoms. The summed E-state index contributed by atoms with van der Waals surface area (Å²) in [5, 5.41) is 6.41. The van der Waals surface area contributed by atoms with Crippen molar-refractivity contribution >= 4 is 21.8 Å². The van der Waals surface area contributed by atoms with Gasteiger partial charge in [-0.1, -0.05) is 5.16 Å². The predicted octanol–water partition coefficient (Wildman–Crippen LogP) is 2.47. The zero-order chi connectivity index (χ0) is 22.2. The van der Waals surface area contributed by atoms with E-state index >= 15 is 0 Å². The Balaban J connectivity index is 1.68. The van der Waals surface area contributed by atoms with Crippen molar-refractivity contribution in [2.45, 2.75) is 46.4 Å². The Morgan fingerprint density at radius 1 is 0.967 bits per heavy atom. The van der Waals surface area contributed by atoms with Gasteiger partial charge in [-0.3, -0.25) is 15.0 Å². The van der Waals surface area contributed by atoms with Gasteiger partial charge in [0, 0.05) is 32.2 Å². The first kappa shape index (κ1) is 22.5. The van der Waals surface area contributed by atoms with E-state index in [0.717, 1.165) is 27.8 Å². The lowest BCUT2D eigenvalue weighted by Crippen LogP contribution is -2.50. The Bertz CT molecular complexity index is 1040. The smallest absolute Gasteiger partial charge is 0.243 e. The van der Waals surface area contributed by atoms with Crippen molar-refractivity contribution in [3.05, 3.63) is 39.6 Å². The molecule has 1 N–H and O–H groups in total. The van der Waals surface area contributed by atoms with Crippen LogP contribution in [0, 0.1) is 41.5 Å². The van der Waals surface area contributed by atoms with Crippen LogP contribution in [-0.4, -0.2) is 61.4 Å². The summed E-state index contributed by atoms with van der Waals surface area (Å²) >= 11 is 0. The number of rotatable bonds is 5. The highest BCUT2D eigenvalue weighted by atomic mass is 32.2. The molecule has 1 aromatic heterocycles. The predicted molar refractivity (Wildman–Crippen MR) is 115 cm³/mol. The van der Waals surface area contributed by atoms with E-state index in [2.05, 4.69) is 10.5 Å². The summed E-state index contributed by atoms with van der Waals surface area (Å²) < 4.78 is 33.4. The van der Waals surface area contributed by atoms with Crippen molar-refractivity contribution in [3.8, 4) is 0 Å². The van der Waals surface area contributed by atoms with E-state index in [4.69, 9.17) is 4.52 Å². The van der Waals surface area contributed by atoms with Crippen LogP contribution in [-0.2, 0) is 14.8 Å². The van der Waals surface area contributed by atoms with Crippen LogP contribution in [0.1, 0.15) is 33.5 Å². The molecule has 3 rings (SSSR count). The summed E-state index contributed by atoms with van der Waals surface area (Å²) in [4.78, 5) is 14.6. The van der Waals surface area contributed by atoms with E-state index in [0.29, 0.717) is 42.7 Å². The number of amides is 1. The van der Waals surface area contributed by atoms with Gasteiger partial charge in [0.25, 0.3) is 0 Å². The maximum Gasteiger partial charge on any atom is 0.243 e. The number of carbonyl (C=O) groups is 1. The third-order valence-electron chi connectivity index (χ3n) is 6.12. The SMILES string of the molecule is Cc1cc(NC(=O)CN2CCN(S(=O)(=O)c3c(C)c(C)c(C)c(C)c3C)CC2)on1. The molecule has 0 bridgehead atoms. The van der Waals surface area contributed by atoms with Gasteiger partial charge in [0.2, 0.25) is 21.8 Å². The van der Waals surface area contributed by atoms with Crippen LogP contribution in [0.15, 0.2) is 15.5 Å². The maximum absolute atomic E-state index is 13.4. The highest BCUT2D eigenvalue weighted by molar-refractivity contribution is 7.89. The first-order valence-corrected chi connectivity index (χ1v) is 11.5. The summed E-state index contributed by atoms with van der Waals surface area (Å²) in [7, 11) is -3.60. The average Bonchev–Trinajstić information content (AvgIpc) is 3.09. The molecule has 2 aromatic rings. The molecular formula is C21H30N4O4S. The maximum atomic E-state index is 13.4. The van der Waals surface area contributed by atoms with E-state index in [1.807, 2.05) is 39.5 Å². The van der Waals surface area contributed by atoms with Crippen molar-refractivity contribution in [2.24, 2.45) is 0 Å². The topological polar surface area (TPSA) is 95.8 Å². The molecule has 1 fully saturated rings. The highest BCUT2D eigenvalue weighted by Gasteiger charge is 2.32. The lowest BCUT2D eigenvalue weighted by Gasteiger charge is -2.34. The average molecular weight is 435 g/mol. The lowest BCUT2D eigenvalue weighted by molar-refractivity contribution is -0.117. The van der Waals surface area contributed by atoms with Crippen molar-refractivity contribution in [1.29, 1.82) is 0 Å². The number of aryl methyl sites for hydroxylation is 1. The second-order valence-electron chi connectivity index (χ2n) is 8.02. The van der Waals surface area contributed by atoms with Gasteiger partial charge in [0.1, 0.15) is 0 Å². The van der Waals surface area contributed by atoms with Gasteiger partial charge in [0.15, 0.2) is 0 Å². The Hall–Kier alpha value is -2.23. The van der Waals surface area contributed by atoms with Crippen LogP contribution in [0.4, 0.5) is 5.88 Å². The van der Waals surface area contributed by atoms with Gasteiger partial charge >= 0.3 is 0 Å². The summed E-state index contributed by atoms with van der Waals surface area (Å²) in [6.07, 6.45) is 0. The van der Waals surface area contributed by atoms with Crippen LogP contribution in [0.5, 0.6) is 0 Å². The number of hydrogen-bond donors (Lipinski definition) is 1. The standard InChI is InChI=1S/C21H30N4O4S/c1-13-11-20(29-23-13)22-19(26)12-24-7-9-25(10-8-24)30(27,28)21-17(5)15(3)14(2)16(4)18(21)6/h11H,7-10,12H2,1-6H3,(H,22,26). The molecule has 0 spiro atoms. The number of nitrogens with one attached hydrogen (secondary N) is 1. The van der Waals surface area contributed by atoms with Crippen LogP contribution in [0.3, 0.4) is 0 Å². The number of anilines is 1. The fourth-order valence-electron chi connectivity index (χ4n) is 3.91. The molecule has 0 atom stereocenters. The number of aromatic nitrogens is 1. The van der Waals surface area contributed by atoms with Gasteiger partial charge in [-0.25, -0.2) is 8.42 Å². The van der Waals surface area contributed by atoms with E-state index in [-0.39, 0.29) is 12.5 Å². The van der Waals surface area contributed by atoms with Gasteiger partial charge < -0.3 is 4.52 Å². The zero-order valence-corrected chi connectivity index (χ0v) is 19.3. The Kier molecular flexibility index (Phi) is 6.35. The van der Waals surface area contributed by atoms with Crippen LogP contribution < -0.4 is 5.32 Å². The molecule has 1 aliphatic rings. The van der Waals surface area contributed by atoms with Gasteiger partial charge in [-0.15, -0.1) is 0 Å². The third kappa shape index (κ3) is 4.28. The van der Waals surface area contributed by atoms with Crippen molar-refractivity contribution in [3.63, 3.8) is 0 Å². The van der Waals surface area contributed by atoms with Crippen molar-refractivity contribution < 1.29 is 17.7 Å². The summed E-state index contributed by atoms with van der Waals surface area (Å²) in [6.45, 7) is 13.4. The number of hydrogen-bond acceptors (Lipinski definition) is 6. The summed E-state index contributed by atoms with van der Waals surface area (Å²) in [5.74, 6) is 0.105. The monoisotopic (exact) mass is 434 g/mol. The fourth-order valence-corrected chi connectivity index (χ4v) is 5.89. The second kappa shape index (κ2) is 8.49. The Labute approximate surface area is 178 Å². The fraction of sp³-hybridized carbons (Fsp3) is 0.524. The van der Waals surface area contributed by atoms with E-state index in [9.17, 15) is 13.2 Å². The molecule has 164 valence electrons. The number of sulfonamides is 1. The molecule has 1 aliphatic heterocycles. The second-order valence-corrected chi connectivity index (χ2v) is 9.89. The molecule has 1 saturated heterocycles. The van der Waals surface area contributed by atoms with Gasteiger partial charge in [-0.05, 0) is 69.4 Å². The molecule has 0 aliphatic carbocycles. The molecule has 0 radical (unpaired) electrons. The molecule has 1 aromatic carbocycles. The van der Waals surface area contributed by atoms with Crippen molar-refractivity contribution in [1.82, 2.24) is 14.4 Å². The number of benzene rings is 1. The first-order chi connectivity index (χ1) is 14.0. The number of piperazine rings is 1. The van der Waals surface area contributed by atoms with Crippen LogP contribution in [0.2, 0.25) is 0 Å². The molecule has 2 heterocycles.